The van der Waals surface area contributed by atoms with E-state index >= 15 is 0 Å². The molecule has 0 aromatic heterocycles. The van der Waals surface area contributed by atoms with Crippen molar-refractivity contribution >= 4 is 5.69 Å². The normalized spacial score (nSPS) is 23.3. The molecule has 2 aromatic rings. The summed E-state index contributed by atoms with van der Waals surface area (Å²) in [7, 11) is 1.67. The van der Waals surface area contributed by atoms with E-state index in [9.17, 15) is 5.26 Å². The van der Waals surface area contributed by atoms with Crippen LogP contribution < -0.4 is 10.1 Å². The largest absolute Gasteiger partial charge is 0.497 e. The van der Waals surface area contributed by atoms with Gasteiger partial charge >= 0.3 is 0 Å². The minimum atomic E-state index is -0.390. The molecule has 0 unspecified atom stereocenters. The predicted molar refractivity (Wildman–Crippen MR) is 97.3 cm³/mol. The molecule has 0 heterocycles. The van der Waals surface area contributed by atoms with Crippen LogP contribution in [0.5, 0.6) is 5.75 Å². The number of nitrogens with zero attached hydrogens (tertiary/aromatic N) is 1. The van der Waals surface area contributed by atoms with Gasteiger partial charge in [0, 0.05) is 11.7 Å². The van der Waals surface area contributed by atoms with E-state index < -0.39 is 0 Å². The smallest absolute Gasteiger partial charge is 0.119 e. The van der Waals surface area contributed by atoms with Crippen LogP contribution in [0.4, 0.5) is 5.69 Å². The molecule has 3 rings (SSSR count). The molecule has 0 spiro atoms. The Bertz CT molecular complexity index is 739. The molecule has 24 heavy (non-hydrogen) atoms. The number of aryl methyl sites for hydroxylation is 1. The Morgan fingerprint density at radius 2 is 1.88 bits per heavy atom. The van der Waals surface area contributed by atoms with Crippen LogP contribution in [0.15, 0.2) is 48.5 Å². The van der Waals surface area contributed by atoms with Crippen LogP contribution in [0.2, 0.25) is 0 Å². The third-order valence-electron chi connectivity index (χ3n) is 5.06. The maximum Gasteiger partial charge on any atom is 0.119 e. The highest BCUT2D eigenvalue weighted by Crippen LogP contribution is 2.40. The minimum Gasteiger partial charge on any atom is -0.497 e. The quantitative estimate of drug-likeness (QED) is 0.878. The van der Waals surface area contributed by atoms with E-state index in [0.717, 1.165) is 37.0 Å². The van der Waals surface area contributed by atoms with Gasteiger partial charge in [-0.05, 0) is 68.0 Å². The Morgan fingerprint density at radius 1 is 1.12 bits per heavy atom. The number of hydrogen-bond donors (Lipinski definition) is 1. The highest BCUT2D eigenvalue weighted by Gasteiger charge is 2.37. The second-order valence-electron chi connectivity index (χ2n) is 6.71. The standard InChI is InChI=1S/C21H24N2O/c1-16-5-3-7-19(13-16)23-18-9-11-21(15-22,12-10-18)17-6-4-8-20(14-17)24-2/h3-8,13-14,18,23H,9-12H2,1-2H3/t18-,21-. The molecule has 1 aliphatic carbocycles. The minimum absolute atomic E-state index is 0.390. The van der Waals surface area contributed by atoms with Crippen molar-refractivity contribution < 1.29 is 4.74 Å². The number of benzene rings is 2. The first-order valence-electron chi connectivity index (χ1n) is 8.54. The molecule has 1 N–H and O–H groups in total. The van der Waals surface area contributed by atoms with Crippen molar-refractivity contribution in [2.45, 2.75) is 44.1 Å². The zero-order valence-electron chi connectivity index (χ0n) is 14.4. The summed E-state index contributed by atoms with van der Waals surface area (Å²) in [5, 5.41) is 13.5. The van der Waals surface area contributed by atoms with E-state index in [1.54, 1.807) is 7.11 Å². The number of rotatable bonds is 4. The number of hydrogen-bond acceptors (Lipinski definition) is 3. The van der Waals surface area contributed by atoms with Crippen molar-refractivity contribution in [3.05, 3.63) is 59.7 Å². The lowest BCUT2D eigenvalue weighted by atomic mass is 9.69. The van der Waals surface area contributed by atoms with E-state index in [1.165, 1.54) is 11.3 Å². The summed E-state index contributed by atoms with van der Waals surface area (Å²) in [5.41, 5.74) is 3.13. The highest BCUT2D eigenvalue weighted by atomic mass is 16.5. The fourth-order valence-corrected chi connectivity index (χ4v) is 3.61. The van der Waals surface area contributed by atoms with Gasteiger partial charge in [-0.3, -0.25) is 0 Å². The summed E-state index contributed by atoms with van der Waals surface area (Å²) in [5.74, 6) is 0.821. The first-order chi connectivity index (χ1) is 11.6. The van der Waals surface area contributed by atoms with Crippen LogP contribution in [0.1, 0.15) is 36.8 Å². The van der Waals surface area contributed by atoms with Crippen LogP contribution in [-0.4, -0.2) is 13.2 Å². The zero-order chi connectivity index (χ0) is 17.0. The van der Waals surface area contributed by atoms with Gasteiger partial charge < -0.3 is 10.1 Å². The molecule has 0 saturated heterocycles. The topological polar surface area (TPSA) is 45.0 Å². The number of ether oxygens (including phenoxy) is 1. The Labute approximate surface area is 144 Å². The summed E-state index contributed by atoms with van der Waals surface area (Å²) >= 11 is 0. The summed E-state index contributed by atoms with van der Waals surface area (Å²) in [6.45, 7) is 2.11. The number of nitrogens with one attached hydrogen (secondary N) is 1. The molecular weight excluding hydrogens is 296 g/mol. The molecule has 0 aliphatic heterocycles. The molecule has 3 nitrogen and oxygen atoms in total. The number of nitriles is 1. The third kappa shape index (κ3) is 3.38. The SMILES string of the molecule is COc1cccc([C@]2(C#N)CC[C@@H](Nc3cccc(C)c3)CC2)c1. The molecule has 0 bridgehead atoms. The van der Waals surface area contributed by atoms with Crippen molar-refractivity contribution in [2.24, 2.45) is 0 Å². The molecule has 1 fully saturated rings. The second-order valence-corrected chi connectivity index (χ2v) is 6.71. The van der Waals surface area contributed by atoms with Gasteiger partial charge in [0.15, 0.2) is 0 Å². The monoisotopic (exact) mass is 320 g/mol. The number of methoxy groups -OCH3 is 1. The van der Waals surface area contributed by atoms with Crippen molar-refractivity contribution in [3.63, 3.8) is 0 Å². The lowest BCUT2D eigenvalue weighted by Gasteiger charge is -2.36. The molecule has 2 aromatic carbocycles. The van der Waals surface area contributed by atoms with Gasteiger partial charge in [-0.15, -0.1) is 0 Å². The zero-order valence-corrected chi connectivity index (χ0v) is 14.4. The second kappa shape index (κ2) is 6.97. The highest BCUT2D eigenvalue weighted by molar-refractivity contribution is 5.47. The molecule has 0 amide bonds. The fraction of sp³-hybridized carbons (Fsp3) is 0.381. The van der Waals surface area contributed by atoms with Gasteiger partial charge in [0.1, 0.15) is 5.75 Å². The van der Waals surface area contributed by atoms with E-state index in [-0.39, 0.29) is 5.41 Å². The summed E-state index contributed by atoms with van der Waals surface area (Å²) < 4.78 is 5.32. The van der Waals surface area contributed by atoms with Crippen LogP contribution in [0.3, 0.4) is 0 Å². The lowest BCUT2D eigenvalue weighted by molar-refractivity contribution is 0.342. The maximum absolute atomic E-state index is 9.86. The van der Waals surface area contributed by atoms with Gasteiger partial charge in [0.2, 0.25) is 0 Å². The number of anilines is 1. The van der Waals surface area contributed by atoms with Crippen LogP contribution in [-0.2, 0) is 5.41 Å². The van der Waals surface area contributed by atoms with E-state index in [0.29, 0.717) is 6.04 Å². The van der Waals surface area contributed by atoms with Crippen LogP contribution >= 0.6 is 0 Å². The lowest BCUT2D eigenvalue weighted by Crippen LogP contribution is -2.35. The molecule has 1 aliphatic rings. The molecular formula is C21H24N2O. The van der Waals surface area contributed by atoms with Crippen molar-refractivity contribution in [2.75, 3.05) is 12.4 Å². The van der Waals surface area contributed by atoms with Crippen LogP contribution in [0, 0.1) is 18.3 Å². The van der Waals surface area contributed by atoms with E-state index in [1.807, 2.05) is 18.2 Å². The van der Waals surface area contributed by atoms with Crippen LogP contribution in [0.25, 0.3) is 0 Å². The fourth-order valence-electron chi connectivity index (χ4n) is 3.61. The van der Waals surface area contributed by atoms with E-state index in [2.05, 4.69) is 48.6 Å². The first-order valence-corrected chi connectivity index (χ1v) is 8.54. The molecule has 0 atom stereocenters. The van der Waals surface area contributed by atoms with Crippen molar-refractivity contribution in [3.8, 4) is 11.8 Å². The van der Waals surface area contributed by atoms with Crippen molar-refractivity contribution in [1.82, 2.24) is 0 Å². The maximum atomic E-state index is 9.86. The predicted octanol–water partition coefficient (Wildman–Crippen LogP) is 4.82. The molecule has 3 heteroatoms. The van der Waals surface area contributed by atoms with Crippen molar-refractivity contribution in [1.29, 1.82) is 5.26 Å². The van der Waals surface area contributed by atoms with Gasteiger partial charge in [0.25, 0.3) is 0 Å². The molecule has 124 valence electrons. The Hall–Kier alpha value is -2.47. The third-order valence-corrected chi connectivity index (χ3v) is 5.06. The van der Waals surface area contributed by atoms with Gasteiger partial charge in [-0.1, -0.05) is 24.3 Å². The summed E-state index contributed by atoms with van der Waals surface area (Å²) in [6, 6.07) is 19.5. The summed E-state index contributed by atoms with van der Waals surface area (Å²) in [4.78, 5) is 0. The first kappa shape index (κ1) is 16.4. The van der Waals surface area contributed by atoms with Gasteiger partial charge in [-0.25, -0.2) is 0 Å². The average molecular weight is 320 g/mol. The Balaban J connectivity index is 1.71. The molecule has 1 saturated carbocycles. The Kier molecular flexibility index (Phi) is 4.76. The average Bonchev–Trinajstić information content (AvgIpc) is 2.63. The molecule has 0 radical (unpaired) electrons. The van der Waals surface area contributed by atoms with E-state index in [4.69, 9.17) is 4.74 Å². The summed E-state index contributed by atoms with van der Waals surface area (Å²) in [6.07, 6.45) is 3.75. The Morgan fingerprint density at radius 3 is 2.54 bits per heavy atom. The van der Waals surface area contributed by atoms with Gasteiger partial charge in [0.05, 0.1) is 18.6 Å². The van der Waals surface area contributed by atoms with Gasteiger partial charge in [-0.2, -0.15) is 5.26 Å².